The first kappa shape index (κ1) is 24.5. The van der Waals surface area contributed by atoms with Gasteiger partial charge in [-0.05, 0) is 66.4 Å². The van der Waals surface area contributed by atoms with Gasteiger partial charge in [0, 0.05) is 22.7 Å². The molecule has 0 saturated heterocycles. The second-order valence-electron chi connectivity index (χ2n) is 8.91. The van der Waals surface area contributed by atoms with Gasteiger partial charge in [-0.2, -0.15) is 5.10 Å². The number of halogens is 1. The maximum atomic E-state index is 13.6. The summed E-state index contributed by atoms with van der Waals surface area (Å²) in [6.07, 6.45) is 0.607. The van der Waals surface area contributed by atoms with Crippen molar-refractivity contribution in [2.45, 2.75) is 19.4 Å². The first-order valence-electron chi connectivity index (χ1n) is 11.7. The number of phenolic OH excluding ortho intramolecular Hbond substituents is 2. The number of aromatic nitrogens is 2. The smallest absolute Gasteiger partial charge is 0.273 e. The standard InChI is InChI=1S/C28H26ClN3O5/c1-15-12-22(34)19(14-20(15)29)25-24-26(31-30-25)28(35)32(11-10-16-4-7-18(36-2)8-5-16)27(24)17-6-9-21(33)23(13-17)37-3/h4-9,12-14,27,33-34H,10-11H2,1-3H3,(H,30,31)/t27-/m1/s1. The number of carbonyl (C=O) groups excluding carboxylic acids is 1. The maximum absolute atomic E-state index is 13.6. The molecular weight excluding hydrogens is 494 g/mol. The minimum absolute atomic E-state index is 0.00374. The number of ether oxygens (including phenoxy) is 2. The van der Waals surface area contributed by atoms with Gasteiger partial charge in [0.1, 0.15) is 22.9 Å². The summed E-state index contributed by atoms with van der Waals surface area (Å²) < 4.78 is 10.6. The van der Waals surface area contributed by atoms with Gasteiger partial charge in [0.2, 0.25) is 0 Å². The molecule has 4 aromatic rings. The van der Waals surface area contributed by atoms with Gasteiger partial charge >= 0.3 is 0 Å². The number of hydrogen-bond donors (Lipinski definition) is 3. The van der Waals surface area contributed by atoms with Gasteiger partial charge in [0.15, 0.2) is 11.5 Å². The predicted octanol–water partition coefficient (Wildman–Crippen LogP) is 5.25. The first-order valence-corrected chi connectivity index (χ1v) is 12.1. The van der Waals surface area contributed by atoms with Gasteiger partial charge in [-0.1, -0.05) is 29.8 Å². The van der Waals surface area contributed by atoms with Crippen molar-refractivity contribution in [1.29, 1.82) is 0 Å². The topological polar surface area (TPSA) is 108 Å². The van der Waals surface area contributed by atoms with E-state index in [0.717, 1.165) is 22.4 Å². The molecule has 0 unspecified atom stereocenters. The summed E-state index contributed by atoms with van der Waals surface area (Å²) in [5.74, 6) is 0.854. The summed E-state index contributed by atoms with van der Waals surface area (Å²) >= 11 is 6.38. The van der Waals surface area contributed by atoms with Crippen LogP contribution in [0.5, 0.6) is 23.0 Å². The molecule has 5 rings (SSSR count). The van der Waals surface area contributed by atoms with Crippen molar-refractivity contribution in [2.75, 3.05) is 20.8 Å². The van der Waals surface area contributed by atoms with E-state index in [1.807, 2.05) is 24.3 Å². The van der Waals surface area contributed by atoms with E-state index in [-0.39, 0.29) is 17.4 Å². The van der Waals surface area contributed by atoms with E-state index in [2.05, 4.69) is 10.2 Å². The molecular formula is C28H26ClN3O5. The predicted molar refractivity (Wildman–Crippen MR) is 140 cm³/mol. The number of hydrogen-bond acceptors (Lipinski definition) is 6. The summed E-state index contributed by atoms with van der Waals surface area (Å²) in [5, 5.41) is 28.7. The van der Waals surface area contributed by atoms with E-state index in [1.165, 1.54) is 13.2 Å². The normalized spacial score (nSPS) is 14.6. The van der Waals surface area contributed by atoms with Crippen LogP contribution in [0.4, 0.5) is 0 Å². The van der Waals surface area contributed by atoms with Crippen molar-refractivity contribution in [1.82, 2.24) is 15.1 Å². The molecule has 190 valence electrons. The number of aromatic amines is 1. The minimum Gasteiger partial charge on any atom is -0.507 e. The van der Waals surface area contributed by atoms with Crippen molar-refractivity contribution in [3.05, 3.63) is 87.6 Å². The van der Waals surface area contributed by atoms with Crippen LogP contribution >= 0.6 is 11.6 Å². The number of H-pyrrole nitrogens is 1. The van der Waals surface area contributed by atoms with Crippen LogP contribution in [0.2, 0.25) is 5.02 Å². The Morgan fingerprint density at radius 1 is 1.03 bits per heavy atom. The molecule has 0 aliphatic carbocycles. The van der Waals surface area contributed by atoms with Crippen LogP contribution in [0.3, 0.4) is 0 Å². The van der Waals surface area contributed by atoms with Gasteiger partial charge in [-0.25, -0.2) is 0 Å². The number of rotatable bonds is 7. The molecule has 0 saturated carbocycles. The van der Waals surface area contributed by atoms with Gasteiger partial charge < -0.3 is 24.6 Å². The molecule has 8 nitrogen and oxygen atoms in total. The summed E-state index contributed by atoms with van der Waals surface area (Å²) in [4.78, 5) is 15.4. The van der Waals surface area contributed by atoms with Crippen molar-refractivity contribution in [3.8, 4) is 34.3 Å². The van der Waals surface area contributed by atoms with Gasteiger partial charge in [0.05, 0.1) is 20.3 Å². The van der Waals surface area contributed by atoms with Crippen LogP contribution in [0.1, 0.15) is 38.8 Å². The zero-order chi connectivity index (χ0) is 26.3. The average molecular weight is 520 g/mol. The zero-order valence-electron chi connectivity index (χ0n) is 20.6. The number of nitrogens with zero attached hydrogens (tertiary/aromatic N) is 2. The number of nitrogens with one attached hydrogen (secondary N) is 1. The van der Waals surface area contributed by atoms with Crippen LogP contribution in [0.25, 0.3) is 11.3 Å². The Morgan fingerprint density at radius 3 is 2.49 bits per heavy atom. The Morgan fingerprint density at radius 2 is 1.78 bits per heavy atom. The van der Waals surface area contributed by atoms with Crippen molar-refractivity contribution < 1.29 is 24.5 Å². The van der Waals surface area contributed by atoms with E-state index >= 15 is 0 Å². The number of phenols is 2. The summed E-state index contributed by atoms with van der Waals surface area (Å²) in [7, 11) is 3.09. The number of fused-ring (bicyclic) bond motifs is 1. The average Bonchev–Trinajstić information content (AvgIpc) is 3.44. The van der Waals surface area contributed by atoms with E-state index in [0.29, 0.717) is 46.3 Å². The van der Waals surface area contributed by atoms with E-state index in [1.54, 1.807) is 43.2 Å². The van der Waals surface area contributed by atoms with E-state index < -0.39 is 6.04 Å². The minimum atomic E-state index is -0.538. The van der Waals surface area contributed by atoms with Gasteiger partial charge in [-0.15, -0.1) is 0 Å². The number of amides is 1. The Bertz CT molecular complexity index is 1480. The Labute approximate surface area is 219 Å². The zero-order valence-corrected chi connectivity index (χ0v) is 21.3. The molecule has 1 aromatic heterocycles. The van der Waals surface area contributed by atoms with Crippen LogP contribution in [0.15, 0.2) is 54.6 Å². The molecule has 37 heavy (non-hydrogen) atoms. The van der Waals surface area contributed by atoms with E-state index in [9.17, 15) is 15.0 Å². The Balaban J connectivity index is 1.60. The molecule has 9 heteroatoms. The molecule has 3 aromatic carbocycles. The maximum Gasteiger partial charge on any atom is 0.273 e. The van der Waals surface area contributed by atoms with Gasteiger partial charge in [-0.3, -0.25) is 9.89 Å². The number of carbonyl (C=O) groups is 1. The highest BCUT2D eigenvalue weighted by atomic mass is 35.5. The third-order valence-corrected chi connectivity index (χ3v) is 7.12. The molecule has 0 fully saturated rings. The second kappa shape index (κ2) is 9.71. The third-order valence-electron chi connectivity index (χ3n) is 6.72. The second-order valence-corrected chi connectivity index (χ2v) is 9.32. The van der Waals surface area contributed by atoms with Crippen molar-refractivity contribution in [3.63, 3.8) is 0 Å². The van der Waals surface area contributed by atoms with Crippen LogP contribution in [0, 0.1) is 6.92 Å². The largest absolute Gasteiger partial charge is 0.507 e. The van der Waals surface area contributed by atoms with Crippen molar-refractivity contribution in [2.24, 2.45) is 0 Å². The molecule has 0 bridgehead atoms. The molecule has 1 aliphatic heterocycles. The lowest BCUT2D eigenvalue weighted by Crippen LogP contribution is -2.31. The number of aryl methyl sites for hydroxylation is 1. The van der Waals surface area contributed by atoms with Gasteiger partial charge in [0.25, 0.3) is 5.91 Å². The summed E-state index contributed by atoms with van der Waals surface area (Å²) in [6, 6.07) is 15.4. The molecule has 0 radical (unpaired) electrons. The lowest BCUT2D eigenvalue weighted by Gasteiger charge is -2.27. The number of aromatic hydroxyl groups is 2. The number of benzene rings is 3. The Kier molecular flexibility index (Phi) is 6.43. The highest BCUT2D eigenvalue weighted by Crippen LogP contribution is 2.46. The van der Waals surface area contributed by atoms with Crippen molar-refractivity contribution >= 4 is 17.5 Å². The van der Waals surface area contributed by atoms with Crippen LogP contribution < -0.4 is 9.47 Å². The lowest BCUT2D eigenvalue weighted by atomic mass is 9.95. The summed E-state index contributed by atoms with van der Waals surface area (Å²) in [5.41, 5.74) is 4.34. The molecule has 1 aliphatic rings. The molecule has 0 spiro atoms. The molecule has 3 N–H and O–H groups in total. The highest BCUT2D eigenvalue weighted by Gasteiger charge is 2.42. The lowest BCUT2D eigenvalue weighted by molar-refractivity contribution is 0.0745. The Hall–Kier alpha value is -4.17. The van der Waals surface area contributed by atoms with E-state index in [4.69, 9.17) is 21.1 Å². The molecule has 1 amide bonds. The quantitative estimate of drug-likeness (QED) is 0.307. The number of methoxy groups -OCH3 is 2. The highest BCUT2D eigenvalue weighted by molar-refractivity contribution is 6.31. The molecule has 1 atom stereocenters. The first-order chi connectivity index (χ1) is 17.8. The van der Waals surface area contributed by atoms with Crippen LogP contribution in [-0.4, -0.2) is 52.0 Å². The third kappa shape index (κ3) is 4.34. The monoisotopic (exact) mass is 519 g/mol. The fourth-order valence-corrected chi connectivity index (χ4v) is 4.90. The fraction of sp³-hybridized carbons (Fsp3) is 0.214. The summed E-state index contributed by atoms with van der Waals surface area (Å²) in [6.45, 7) is 2.22. The SMILES string of the molecule is COc1ccc(CCN2C(=O)c3[nH]nc(-c4cc(Cl)c(C)cc4O)c3[C@H]2c2ccc(O)c(OC)c2)cc1. The van der Waals surface area contributed by atoms with Crippen LogP contribution in [-0.2, 0) is 6.42 Å². The molecule has 2 heterocycles. The fourth-order valence-electron chi connectivity index (χ4n) is 4.74.